The first-order valence-electron chi connectivity index (χ1n) is 6.37. The largest absolute Gasteiger partial charge is 0.346 e. The predicted molar refractivity (Wildman–Crippen MR) is 71.4 cm³/mol. The van der Waals surface area contributed by atoms with E-state index in [2.05, 4.69) is 20.9 Å². The summed E-state index contributed by atoms with van der Waals surface area (Å²) in [6, 6.07) is 6.38. The lowest BCUT2D eigenvalue weighted by atomic mass is 10.3. The van der Waals surface area contributed by atoms with Gasteiger partial charge >= 0.3 is 0 Å². The average Bonchev–Trinajstić information content (AvgIpc) is 3.20. The molecule has 5 nitrogen and oxygen atoms in total. The molecule has 0 saturated heterocycles. The molecule has 0 N–H and O–H groups in total. The maximum Gasteiger partial charge on any atom is 0.129 e. The van der Waals surface area contributed by atoms with Gasteiger partial charge in [0.2, 0.25) is 0 Å². The van der Waals surface area contributed by atoms with Gasteiger partial charge in [-0.3, -0.25) is 0 Å². The highest BCUT2D eigenvalue weighted by molar-refractivity contribution is 5.44. The Morgan fingerprint density at radius 3 is 2.79 bits per heavy atom. The molecule has 0 spiro atoms. The summed E-state index contributed by atoms with van der Waals surface area (Å²) in [4.78, 5) is 11.0. The zero-order valence-corrected chi connectivity index (χ0v) is 10.8. The molecule has 96 valence electrons. The lowest BCUT2D eigenvalue weighted by Gasteiger charge is -2.23. The molecule has 1 aliphatic carbocycles. The molecule has 1 fully saturated rings. The molecule has 0 aliphatic heterocycles. The number of anilines is 1. The van der Waals surface area contributed by atoms with Gasteiger partial charge in [0.1, 0.15) is 17.7 Å². The Balaban J connectivity index is 1.84. The minimum absolute atomic E-state index is 0.553. The minimum atomic E-state index is 0.553. The summed E-state index contributed by atoms with van der Waals surface area (Å²) in [6.07, 6.45) is 7.79. The van der Waals surface area contributed by atoms with Crippen molar-refractivity contribution in [2.24, 2.45) is 7.05 Å². The van der Waals surface area contributed by atoms with Gasteiger partial charge in [0, 0.05) is 31.7 Å². The van der Waals surface area contributed by atoms with Crippen molar-refractivity contribution < 1.29 is 0 Å². The number of nitriles is 1. The molecular formula is C14H15N5. The van der Waals surface area contributed by atoms with Crippen LogP contribution in [0, 0.1) is 11.3 Å². The van der Waals surface area contributed by atoms with E-state index in [4.69, 9.17) is 5.26 Å². The number of pyridine rings is 1. The molecule has 3 rings (SSSR count). The summed E-state index contributed by atoms with van der Waals surface area (Å²) in [7, 11) is 2.00. The summed E-state index contributed by atoms with van der Waals surface area (Å²) in [6.45, 7) is 0.757. The molecule has 2 aromatic heterocycles. The first-order chi connectivity index (χ1) is 9.28. The summed E-state index contributed by atoms with van der Waals surface area (Å²) >= 11 is 0. The van der Waals surface area contributed by atoms with E-state index in [9.17, 15) is 0 Å². The van der Waals surface area contributed by atoms with Crippen LogP contribution in [0.4, 0.5) is 5.82 Å². The molecule has 2 aromatic rings. The number of imidazole rings is 1. The van der Waals surface area contributed by atoms with Crippen molar-refractivity contribution in [2.75, 3.05) is 4.90 Å². The van der Waals surface area contributed by atoms with Crippen LogP contribution in [0.3, 0.4) is 0 Å². The van der Waals surface area contributed by atoms with Gasteiger partial charge in [0.25, 0.3) is 0 Å². The Morgan fingerprint density at radius 2 is 2.26 bits per heavy atom. The molecule has 5 heteroatoms. The highest BCUT2D eigenvalue weighted by Crippen LogP contribution is 2.31. The first-order valence-corrected chi connectivity index (χ1v) is 6.37. The zero-order chi connectivity index (χ0) is 13.2. The van der Waals surface area contributed by atoms with Gasteiger partial charge in [-0.25, -0.2) is 9.97 Å². The number of hydrogen-bond donors (Lipinski definition) is 0. The van der Waals surface area contributed by atoms with Crippen molar-refractivity contribution in [3.63, 3.8) is 0 Å². The summed E-state index contributed by atoms with van der Waals surface area (Å²) < 4.78 is 2.03. The normalized spacial score (nSPS) is 14.1. The minimum Gasteiger partial charge on any atom is -0.346 e. The van der Waals surface area contributed by atoms with Crippen LogP contribution in [-0.2, 0) is 13.6 Å². The van der Waals surface area contributed by atoms with Gasteiger partial charge in [-0.2, -0.15) is 5.26 Å². The Kier molecular flexibility index (Phi) is 2.92. The maximum absolute atomic E-state index is 8.82. The van der Waals surface area contributed by atoms with Crippen LogP contribution >= 0.6 is 0 Å². The standard InChI is InChI=1S/C14H15N5/c1-18-7-6-16-14(18)10-19(12-3-4-12)13-5-2-11(8-15)9-17-13/h2,5-7,9,12H,3-4,10H2,1H3. The topological polar surface area (TPSA) is 57.7 Å². The van der Waals surface area contributed by atoms with Gasteiger partial charge in [-0.15, -0.1) is 0 Å². The van der Waals surface area contributed by atoms with Crippen LogP contribution in [0.1, 0.15) is 24.2 Å². The lowest BCUT2D eigenvalue weighted by Crippen LogP contribution is -2.27. The second-order valence-electron chi connectivity index (χ2n) is 4.83. The van der Waals surface area contributed by atoms with E-state index >= 15 is 0 Å². The highest BCUT2D eigenvalue weighted by Gasteiger charge is 2.30. The number of nitrogens with zero attached hydrogens (tertiary/aromatic N) is 5. The Morgan fingerprint density at radius 1 is 1.42 bits per heavy atom. The molecule has 0 unspecified atom stereocenters. The third-order valence-electron chi connectivity index (χ3n) is 3.39. The molecule has 2 heterocycles. The number of aromatic nitrogens is 3. The molecule has 0 atom stereocenters. The molecule has 0 radical (unpaired) electrons. The van der Waals surface area contributed by atoms with E-state index in [0.717, 1.165) is 18.2 Å². The number of hydrogen-bond acceptors (Lipinski definition) is 4. The molecule has 0 bridgehead atoms. The quantitative estimate of drug-likeness (QED) is 0.834. The van der Waals surface area contributed by atoms with Crippen LogP contribution in [-0.4, -0.2) is 20.6 Å². The molecule has 1 aliphatic rings. The smallest absolute Gasteiger partial charge is 0.129 e. The van der Waals surface area contributed by atoms with E-state index in [-0.39, 0.29) is 0 Å². The Bertz CT molecular complexity index is 604. The van der Waals surface area contributed by atoms with E-state index in [1.54, 1.807) is 6.20 Å². The van der Waals surface area contributed by atoms with Crippen molar-refractivity contribution in [3.8, 4) is 6.07 Å². The SMILES string of the molecule is Cn1ccnc1CN(c1ccc(C#N)cn1)C1CC1. The summed E-state index contributed by atoms with van der Waals surface area (Å²) in [5.41, 5.74) is 0.594. The Hall–Kier alpha value is -2.35. The maximum atomic E-state index is 8.82. The van der Waals surface area contributed by atoms with Gasteiger partial charge < -0.3 is 9.47 Å². The van der Waals surface area contributed by atoms with Crippen molar-refractivity contribution >= 4 is 5.82 Å². The van der Waals surface area contributed by atoms with E-state index in [0.29, 0.717) is 11.6 Å². The third-order valence-corrected chi connectivity index (χ3v) is 3.39. The van der Waals surface area contributed by atoms with E-state index in [1.807, 2.05) is 36.1 Å². The molecule has 0 amide bonds. The summed E-state index contributed by atoms with van der Waals surface area (Å²) in [5.74, 6) is 1.95. The van der Waals surface area contributed by atoms with Crippen LogP contribution < -0.4 is 4.90 Å². The molecule has 1 saturated carbocycles. The predicted octanol–water partition coefficient (Wildman–Crippen LogP) is 1.86. The average molecular weight is 253 g/mol. The third kappa shape index (κ3) is 2.43. The Labute approximate surface area is 112 Å². The van der Waals surface area contributed by atoms with Crippen LogP contribution in [0.5, 0.6) is 0 Å². The first kappa shape index (κ1) is 11.7. The fraction of sp³-hybridized carbons (Fsp3) is 0.357. The molecular weight excluding hydrogens is 238 g/mol. The van der Waals surface area contributed by atoms with Crippen molar-refractivity contribution in [1.82, 2.24) is 14.5 Å². The van der Waals surface area contributed by atoms with Gasteiger partial charge in [-0.05, 0) is 25.0 Å². The monoisotopic (exact) mass is 253 g/mol. The zero-order valence-electron chi connectivity index (χ0n) is 10.8. The second kappa shape index (κ2) is 4.73. The van der Waals surface area contributed by atoms with Crippen molar-refractivity contribution in [3.05, 3.63) is 42.1 Å². The van der Waals surface area contributed by atoms with Gasteiger partial charge in [-0.1, -0.05) is 0 Å². The van der Waals surface area contributed by atoms with Crippen LogP contribution in [0.2, 0.25) is 0 Å². The highest BCUT2D eigenvalue weighted by atomic mass is 15.3. The fourth-order valence-electron chi connectivity index (χ4n) is 2.11. The van der Waals surface area contributed by atoms with Crippen LogP contribution in [0.15, 0.2) is 30.7 Å². The van der Waals surface area contributed by atoms with Crippen molar-refractivity contribution in [2.45, 2.75) is 25.4 Å². The second-order valence-corrected chi connectivity index (χ2v) is 4.83. The van der Waals surface area contributed by atoms with E-state index in [1.165, 1.54) is 12.8 Å². The molecule has 19 heavy (non-hydrogen) atoms. The number of aryl methyl sites for hydroxylation is 1. The van der Waals surface area contributed by atoms with Crippen molar-refractivity contribution in [1.29, 1.82) is 5.26 Å². The van der Waals surface area contributed by atoms with Gasteiger partial charge in [0.15, 0.2) is 0 Å². The number of rotatable bonds is 4. The van der Waals surface area contributed by atoms with Gasteiger partial charge in [0.05, 0.1) is 12.1 Å². The lowest BCUT2D eigenvalue weighted by molar-refractivity contribution is 0.704. The van der Waals surface area contributed by atoms with E-state index < -0.39 is 0 Å². The fourth-order valence-corrected chi connectivity index (χ4v) is 2.11. The molecule has 0 aromatic carbocycles. The van der Waals surface area contributed by atoms with Crippen LogP contribution in [0.25, 0.3) is 0 Å². The summed E-state index contributed by atoms with van der Waals surface area (Å²) in [5, 5.41) is 8.82.